The predicted molar refractivity (Wildman–Crippen MR) is 97.4 cm³/mol. The normalized spacial score (nSPS) is 12.5. The molecule has 2 aromatic heterocycles. The summed E-state index contributed by atoms with van der Waals surface area (Å²) in [5.41, 5.74) is 2.25. The van der Waals surface area contributed by atoms with E-state index in [4.69, 9.17) is 11.6 Å². The minimum absolute atomic E-state index is 0.0450. The molecule has 1 aromatic carbocycles. The number of aliphatic hydroxyl groups excluding tert-OH is 1. The molecule has 1 unspecified atom stereocenters. The monoisotopic (exact) mass is 347 g/mol. The molecule has 0 aliphatic rings. The molecule has 0 saturated heterocycles. The Labute approximate surface area is 144 Å². The van der Waals surface area contributed by atoms with Gasteiger partial charge in [-0.2, -0.15) is 0 Å². The van der Waals surface area contributed by atoms with Crippen LogP contribution in [0.1, 0.15) is 18.2 Å². The van der Waals surface area contributed by atoms with Crippen LogP contribution in [0.5, 0.6) is 0 Å². The third kappa shape index (κ3) is 3.17. The molecule has 0 spiro atoms. The number of hydrogen-bond acceptors (Lipinski definition) is 5. The minimum atomic E-state index is -0.0620. The van der Waals surface area contributed by atoms with Crippen molar-refractivity contribution in [3.63, 3.8) is 0 Å². The Balaban J connectivity index is 2.23. The zero-order valence-corrected chi connectivity index (χ0v) is 14.6. The second-order valence-corrected chi connectivity index (χ2v) is 6.89. The molecular weight excluding hydrogens is 330 g/mol. The topological polar surface area (TPSA) is 58.0 Å². The van der Waals surface area contributed by atoms with Gasteiger partial charge >= 0.3 is 0 Å². The zero-order valence-electron chi connectivity index (χ0n) is 13.0. The number of benzene rings is 1. The second-order valence-electron chi connectivity index (χ2n) is 5.35. The van der Waals surface area contributed by atoms with E-state index in [9.17, 15) is 5.11 Å². The van der Waals surface area contributed by atoms with Gasteiger partial charge in [0.05, 0.1) is 18.0 Å². The van der Waals surface area contributed by atoms with Crippen LogP contribution in [0.2, 0.25) is 5.28 Å². The van der Waals surface area contributed by atoms with Gasteiger partial charge in [-0.15, -0.1) is 11.3 Å². The van der Waals surface area contributed by atoms with E-state index < -0.39 is 0 Å². The Bertz CT molecular complexity index is 816. The van der Waals surface area contributed by atoms with E-state index >= 15 is 0 Å². The average molecular weight is 348 g/mol. The first-order valence-corrected chi connectivity index (χ1v) is 8.73. The Hall–Kier alpha value is -1.69. The van der Waals surface area contributed by atoms with Crippen LogP contribution in [-0.2, 0) is 0 Å². The molecule has 0 fully saturated rings. The lowest BCUT2D eigenvalue weighted by Gasteiger charge is -2.16. The van der Waals surface area contributed by atoms with Gasteiger partial charge in [0.1, 0.15) is 10.6 Å². The SMILES string of the molecule is CCC(CO)Nc1nc(Cl)nc2sc(C)c(-c3ccccc3)c12. The van der Waals surface area contributed by atoms with Gasteiger partial charge in [0.25, 0.3) is 0 Å². The Morgan fingerprint density at radius 1 is 1.26 bits per heavy atom. The molecule has 3 aromatic rings. The molecule has 2 heterocycles. The molecule has 4 nitrogen and oxygen atoms in total. The van der Waals surface area contributed by atoms with Crippen LogP contribution < -0.4 is 5.32 Å². The van der Waals surface area contributed by atoms with Crippen molar-refractivity contribution < 1.29 is 5.11 Å². The average Bonchev–Trinajstić information content (AvgIpc) is 2.89. The minimum Gasteiger partial charge on any atom is -0.394 e. The molecule has 0 aliphatic heterocycles. The molecule has 0 aliphatic carbocycles. The molecule has 120 valence electrons. The van der Waals surface area contributed by atoms with Crippen LogP contribution in [0.3, 0.4) is 0 Å². The highest BCUT2D eigenvalue weighted by Crippen LogP contribution is 2.41. The molecule has 2 N–H and O–H groups in total. The van der Waals surface area contributed by atoms with E-state index in [-0.39, 0.29) is 17.9 Å². The van der Waals surface area contributed by atoms with Crippen LogP contribution in [0.25, 0.3) is 21.3 Å². The molecule has 0 radical (unpaired) electrons. The van der Waals surface area contributed by atoms with Crippen LogP contribution in [-0.4, -0.2) is 27.7 Å². The van der Waals surface area contributed by atoms with Crippen molar-refractivity contribution in [2.75, 3.05) is 11.9 Å². The summed E-state index contributed by atoms with van der Waals surface area (Å²) < 4.78 is 0. The fraction of sp³-hybridized carbons (Fsp3) is 0.294. The summed E-state index contributed by atoms with van der Waals surface area (Å²) in [5, 5.41) is 14.0. The predicted octanol–water partition coefficient (Wildman–Crippen LogP) is 4.50. The third-order valence-corrected chi connectivity index (χ3v) is 4.98. The van der Waals surface area contributed by atoms with Gasteiger partial charge < -0.3 is 10.4 Å². The lowest BCUT2D eigenvalue weighted by Crippen LogP contribution is -2.23. The number of hydrogen-bond donors (Lipinski definition) is 2. The number of thiophene rings is 1. The lowest BCUT2D eigenvalue weighted by atomic mass is 10.0. The highest BCUT2D eigenvalue weighted by Gasteiger charge is 2.19. The number of anilines is 1. The lowest BCUT2D eigenvalue weighted by molar-refractivity contribution is 0.271. The van der Waals surface area contributed by atoms with Crippen LogP contribution in [0.4, 0.5) is 5.82 Å². The van der Waals surface area contributed by atoms with E-state index in [1.54, 1.807) is 11.3 Å². The highest BCUT2D eigenvalue weighted by molar-refractivity contribution is 7.19. The van der Waals surface area contributed by atoms with Crippen LogP contribution in [0, 0.1) is 6.92 Å². The molecule has 6 heteroatoms. The van der Waals surface area contributed by atoms with Gasteiger partial charge in [0.15, 0.2) is 0 Å². The largest absolute Gasteiger partial charge is 0.394 e. The standard InChI is InChI=1S/C17H18ClN3OS/c1-3-12(9-22)19-15-14-13(11-7-5-4-6-8-11)10(2)23-16(14)21-17(18)20-15/h4-8,12,22H,3,9H2,1-2H3,(H,19,20,21). The van der Waals surface area contributed by atoms with Gasteiger partial charge in [-0.3, -0.25) is 0 Å². The number of aryl methyl sites for hydroxylation is 1. The molecule has 3 rings (SSSR count). The fourth-order valence-corrected chi connectivity index (χ4v) is 3.88. The number of halogens is 1. The number of nitrogens with one attached hydrogen (secondary N) is 1. The first-order chi connectivity index (χ1) is 11.1. The molecule has 0 bridgehead atoms. The van der Waals surface area contributed by atoms with Crippen molar-refractivity contribution in [2.24, 2.45) is 0 Å². The maximum Gasteiger partial charge on any atom is 0.225 e. The van der Waals surface area contributed by atoms with E-state index in [0.29, 0.717) is 5.82 Å². The van der Waals surface area contributed by atoms with Gasteiger partial charge in [-0.05, 0) is 30.5 Å². The van der Waals surface area contributed by atoms with Crippen molar-refractivity contribution >= 4 is 39.0 Å². The van der Waals surface area contributed by atoms with E-state index in [1.807, 2.05) is 25.1 Å². The second kappa shape index (κ2) is 6.83. The molecule has 0 amide bonds. The Morgan fingerprint density at radius 2 is 2.00 bits per heavy atom. The summed E-state index contributed by atoms with van der Waals surface area (Å²) in [5.74, 6) is 0.684. The number of aliphatic hydroxyl groups is 1. The first-order valence-electron chi connectivity index (χ1n) is 7.53. The highest BCUT2D eigenvalue weighted by atomic mass is 35.5. The van der Waals surface area contributed by atoms with Gasteiger partial charge in [-0.25, -0.2) is 9.97 Å². The molecule has 23 heavy (non-hydrogen) atoms. The van der Waals surface area contributed by atoms with E-state index in [0.717, 1.165) is 27.8 Å². The third-order valence-electron chi connectivity index (χ3n) is 3.82. The summed E-state index contributed by atoms with van der Waals surface area (Å²) >= 11 is 7.69. The van der Waals surface area contributed by atoms with Crippen LogP contribution >= 0.6 is 22.9 Å². The van der Waals surface area contributed by atoms with Crippen molar-refractivity contribution in [2.45, 2.75) is 26.3 Å². The van der Waals surface area contributed by atoms with E-state index in [1.165, 1.54) is 4.88 Å². The van der Waals surface area contributed by atoms with E-state index in [2.05, 4.69) is 34.3 Å². The van der Waals surface area contributed by atoms with Gasteiger partial charge in [-0.1, -0.05) is 37.3 Å². The summed E-state index contributed by atoms with van der Waals surface area (Å²) in [7, 11) is 0. The quantitative estimate of drug-likeness (QED) is 0.667. The molecule has 0 saturated carbocycles. The summed E-state index contributed by atoms with van der Waals surface area (Å²) in [4.78, 5) is 10.8. The number of rotatable bonds is 5. The first kappa shape index (κ1) is 16.2. The maximum atomic E-state index is 9.48. The zero-order chi connectivity index (χ0) is 16.4. The summed E-state index contributed by atoms with van der Waals surface area (Å²) in [6, 6.07) is 10.1. The van der Waals surface area contributed by atoms with Crippen molar-refractivity contribution in [3.8, 4) is 11.1 Å². The summed E-state index contributed by atoms with van der Waals surface area (Å²) in [6.07, 6.45) is 0.795. The maximum absolute atomic E-state index is 9.48. The number of nitrogens with zero attached hydrogens (tertiary/aromatic N) is 2. The Kier molecular flexibility index (Phi) is 4.80. The van der Waals surface area contributed by atoms with Gasteiger partial charge in [0, 0.05) is 10.4 Å². The van der Waals surface area contributed by atoms with Crippen molar-refractivity contribution in [1.29, 1.82) is 0 Å². The molecular formula is C17H18ClN3OS. The summed E-state index contributed by atoms with van der Waals surface area (Å²) in [6.45, 7) is 4.14. The van der Waals surface area contributed by atoms with Crippen LogP contribution in [0.15, 0.2) is 30.3 Å². The Morgan fingerprint density at radius 3 is 2.65 bits per heavy atom. The smallest absolute Gasteiger partial charge is 0.225 e. The molecule has 1 atom stereocenters. The van der Waals surface area contributed by atoms with Crippen molar-refractivity contribution in [1.82, 2.24) is 9.97 Å². The number of fused-ring (bicyclic) bond motifs is 1. The fourth-order valence-electron chi connectivity index (χ4n) is 2.61. The van der Waals surface area contributed by atoms with Gasteiger partial charge in [0.2, 0.25) is 5.28 Å². The number of aromatic nitrogens is 2. The van der Waals surface area contributed by atoms with Crippen molar-refractivity contribution in [3.05, 3.63) is 40.5 Å².